The Balaban J connectivity index is 1.42. The predicted molar refractivity (Wildman–Crippen MR) is 171 cm³/mol. The van der Waals surface area contributed by atoms with Crippen molar-refractivity contribution in [1.82, 2.24) is 15.0 Å². The number of benzene rings is 6. The summed E-state index contributed by atoms with van der Waals surface area (Å²) < 4.78 is 0. The maximum Gasteiger partial charge on any atom is 0.187 e. The zero-order chi connectivity index (χ0) is 28.3. The molecule has 0 aliphatic rings. The van der Waals surface area contributed by atoms with Crippen LogP contribution in [0.25, 0.3) is 72.0 Å². The molecule has 0 saturated heterocycles. The lowest BCUT2D eigenvalue weighted by Gasteiger charge is -2.15. The molecule has 4 nitrogen and oxygen atoms in total. The van der Waals surface area contributed by atoms with Gasteiger partial charge in [0.2, 0.25) is 0 Å². The summed E-state index contributed by atoms with van der Waals surface area (Å²) in [5.41, 5.74) is 7.91. The van der Waals surface area contributed by atoms with Gasteiger partial charge in [0.1, 0.15) is 0 Å². The molecule has 7 rings (SSSR count). The van der Waals surface area contributed by atoms with Crippen molar-refractivity contribution < 1.29 is 0 Å². The molecule has 0 unspecified atom stereocenters. The Morgan fingerprint density at radius 2 is 0.833 bits per heavy atom. The topological polar surface area (TPSA) is 43.0 Å². The van der Waals surface area contributed by atoms with Gasteiger partial charge in [0.05, 0.1) is 6.57 Å². The Morgan fingerprint density at radius 3 is 1.43 bits per heavy atom. The first-order chi connectivity index (χ1) is 20.8. The molecular formula is C38H24N4. The summed E-state index contributed by atoms with van der Waals surface area (Å²) in [7, 11) is 0. The van der Waals surface area contributed by atoms with Crippen LogP contribution in [0.4, 0.5) is 5.69 Å². The van der Waals surface area contributed by atoms with Crippen LogP contribution >= 0.6 is 0 Å². The maximum absolute atomic E-state index is 7.31. The normalized spacial score (nSPS) is 10.8. The van der Waals surface area contributed by atoms with Gasteiger partial charge in [0, 0.05) is 16.7 Å². The van der Waals surface area contributed by atoms with E-state index in [4.69, 9.17) is 21.5 Å². The van der Waals surface area contributed by atoms with E-state index in [0.29, 0.717) is 23.2 Å². The monoisotopic (exact) mass is 536 g/mol. The highest BCUT2D eigenvalue weighted by atomic mass is 15.0. The Hall–Kier alpha value is -5.92. The first-order valence-corrected chi connectivity index (χ1v) is 13.7. The predicted octanol–water partition coefficient (Wildman–Crippen LogP) is 9.91. The van der Waals surface area contributed by atoms with E-state index in [1.165, 1.54) is 0 Å². The van der Waals surface area contributed by atoms with E-state index in [-0.39, 0.29) is 0 Å². The van der Waals surface area contributed by atoms with E-state index in [2.05, 4.69) is 65.5 Å². The summed E-state index contributed by atoms with van der Waals surface area (Å²) in [6, 6.07) is 49.0. The molecule has 0 fully saturated rings. The van der Waals surface area contributed by atoms with E-state index in [1.807, 2.05) is 84.9 Å². The minimum Gasteiger partial charge on any atom is -0.238 e. The summed E-state index contributed by atoms with van der Waals surface area (Å²) in [5.74, 6) is 1.91. The molecule has 0 bridgehead atoms. The molecule has 7 aromatic rings. The highest BCUT2D eigenvalue weighted by Crippen LogP contribution is 2.39. The number of rotatable bonds is 5. The van der Waals surface area contributed by atoms with Crippen LogP contribution in [-0.4, -0.2) is 15.0 Å². The third kappa shape index (κ3) is 4.70. The summed E-state index contributed by atoms with van der Waals surface area (Å²) >= 11 is 0. The average Bonchev–Trinajstić information content (AvgIpc) is 3.08. The lowest BCUT2D eigenvalue weighted by molar-refractivity contribution is 1.08. The van der Waals surface area contributed by atoms with Crippen molar-refractivity contribution in [3.8, 4) is 56.4 Å². The van der Waals surface area contributed by atoms with Gasteiger partial charge in [-0.2, -0.15) is 0 Å². The number of nitrogens with zero attached hydrogens (tertiary/aromatic N) is 4. The first kappa shape index (κ1) is 25.1. The Labute approximate surface area is 244 Å². The number of hydrogen-bond acceptors (Lipinski definition) is 3. The van der Waals surface area contributed by atoms with Crippen molar-refractivity contribution in [2.45, 2.75) is 0 Å². The second kappa shape index (κ2) is 10.9. The van der Waals surface area contributed by atoms with Crippen LogP contribution < -0.4 is 0 Å². The first-order valence-electron chi connectivity index (χ1n) is 13.7. The van der Waals surface area contributed by atoms with Crippen LogP contribution in [0.5, 0.6) is 0 Å². The van der Waals surface area contributed by atoms with Gasteiger partial charge in [0.15, 0.2) is 23.2 Å². The van der Waals surface area contributed by atoms with Gasteiger partial charge in [-0.25, -0.2) is 19.8 Å². The van der Waals surface area contributed by atoms with Crippen molar-refractivity contribution in [1.29, 1.82) is 0 Å². The van der Waals surface area contributed by atoms with Crippen molar-refractivity contribution in [2.24, 2.45) is 0 Å². The second-order valence-electron chi connectivity index (χ2n) is 9.95. The molecule has 6 aromatic carbocycles. The molecule has 0 spiro atoms. The quantitative estimate of drug-likeness (QED) is 0.206. The molecule has 42 heavy (non-hydrogen) atoms. The standard InChI is InChI=1S/C38H24N4/c1-39-29-22-20-26(21-23-29)30-16-8-9-17-31(30)34-24-25-35(33-19-11-10-18-32(33)34)38-41-36(27-12-4-2-5-13-27)40-37(42-38)28-14-6-3-7-15-28/h2-25H. The number of aromatic nitrogens is 3. The average molecular weight is 537 g/mol. The summed E-state index contributed by atoms with van der Waals surface area (Å²) in [6.45, 7) is 7.31. The van der Waals surface area contributed by atoms with Crippen LogP contribution in [0.15, 0.2) is 146 Å². The summed E-state index contributed by atoms with van der Waals surface area (Å²) in [6.07, 6.45) is 0. The Morgan fingerprint density at radius 1 is 0.357 bits per heavy atom. The van der Waals surface area contributed by atoms with Gasteiger partial charge in [-0.3, -0.25) is 0 Å². The van der Waals surface area contributed by atoms with E-state index in [9.17, 15) is 0 Å². The van der Waals surface area contributed by atoms with Crippen LogP contribution in [0, 0.1) is 6.57 Å². The molecule has 0 N–H and O–H groups in total. The molecule has 0 saturated carbocycles. The minimum atomic E-state index is 0.633. The van der Waals surface area contributed by atoms with E-state index < -0.39 is 0 Å². The fraction of sp³-hybridized carbons (Fsp3) is 0. The molecule has 0 radical (unpaired) electrons. The highest BCUT2D eigenvalue weighted by molar-refractivity contribution is 6.06. The number of hydrogen-bond donors (Lipinski definition) is 0. The van der Waals surface area contributed by atoms with Crippen LogP contribution in [0.3, 0.4) is 0 Å². The molecule has 0 aliphatic heterocycles. The molecule has 1 aromatic heterocycles. The SMILES string of the molecule is [C-]#[N+]c1ccc(-c2ccccc2-c2ccc(-c3nc(-c4ccccc4)nc(-c4ccccc4)n3)c3ccccc23)cc1. The smallest absolute Gasteiger partial charge is 0.187 e. The minimum absolute atomic E-state index is 0.633. The second-order valence-corrected chi connectivity index (χ2v) is 9.95. The Kier molecular flexibility index (Phi) is 6.52. The van der Waals surface area contributed by atoms with Gasteiger partial charge in [-0.1, -0.05) is 140 Å². The largest absolute Gasteiger partial charge is 0.238 e. The van der Waals surface area contributed by atoms with Crippen LogP contribution in [0.2, 0.25) is 0 Å². The fourth-order valence-electron chi connectivity index (χ4n) is 5.34. The molecule has 0 amide bonds. The van der Waals surface area contributed by atoms with Crippen molar-refractivity contribution in [2.75, 3.05) is 0 Å². The third-order valence-corrected chi connectivity index (χ3v) is 7.39. The van der Waals surface area contributed by atoms with E-state index in [1.54, 1.807) is 0 Å². The molecule has 196 valence electrons. The summed E-state index contributed by atoms with van der Waals surface area (Å²) in [5, 5.41) is 2.18. The van der Waals surface area contributed by atoms with Crippen molar-refractivity contribution >= 4 is 16.5 Å². The molecule has 4 heteroatoms. The summed E-state index contributed by atoms with van der Waals surface area (Å²) in [4.78, 5) is 18.4. The molecular weight excluding hydrogens is 512 g/mol. The zero-order valence-corrected chi connectivity index (χ0v) is 22.6. The molecule has 0 atom stereocenters. The zero-order valence-electron chi connectivity index (χ0n) is 22.6. The lowest BCUT2D eigenvalue weighted by Crippen LogP contribution is -2.00. The van der Waals surface area contributed by atoms with Crippen molar-refractivity contribution in [3.63, 3.8) is 0 Å². The third-order valence-electron chi connectivity index (χ3n) is 7.39. The van der Waals surface area contributed by atoms with Gasteiger partial charge in [-0.15, -0.1) is 0 Å². The van der Waals surface area contributed by atoms with Gasteiger partial charge in [-0.05, 0) is 39.1 Å². The van der Waals surface area contributed by atoms with Gasteiger partial charge >= 0.3 is 0 Å². The van der Waals surface area contributed by atoms with Gasteiger partial charge < -0.3 is 0 Å². The van der Waals surface area contributed by atoms with Gasteiger partial charge in [0.25, 0.3) is 0 Å². The fourth-order valence-corrected chi connectivity index (χ4v) is 5.34. The Bertz CT molecular complexity index is 2020. The highest BCUT2D eigenvalue weighted by Gasteiger charge is 2.17. The molecule has 0 aliphatic carbocycles. The maximum atomic E-state index is 7.31. The van der Waals surface area contributed by atoms with Crippen molar-refractivity contribution in [3.05, 3.63) is 157 Å². The van der Waals surface area contributed by atoms with E-state index >= 15 is 0 Å². The van der Waals surface area contributed by atoms with Crippen LogP contribution in [-0.2, 0) is 0 Å². The van der Waals surface area contributed by atoms with Crippen LogP contribution in [0.1, 0.15) is 0 Å². The molecule has 1 heterocycles. The lowest BCUT2D eigenvalue weighted by atomic mass is 9.90. The van der Waals surface area contributed by atoms with E-state index in [0.717, 1.165) is 49.7 Å². The number of fused-ring (bicyclic) bond motifs is 1.